The zero-order valence-corrected chi connectivity index (χ0v) is 19.3. The lowest BCUT2D eigenvalue weighted by molar-refractivity contribution is -0.00805. The smallest absolute Gasteiger partial charge is 0.193 e. The molecule has 7 nitrogen and oxygen atoms in total. The molecule has 1 unspecified atom stereocenters. The predicted molar refractivity (Wildman–Crippen MR) is 122 cm³/mol. The van der Waals surface area contributed by atoms with Crippen molar-refractivity contribution in [2.45, 2.75) is 20.0 Å². The number of aryl methyl sites for hydroxylation is 3. The molecule has 2 aromatic rings. The Balaban J connectivity index is 0.00000280. The van der Waals surface area contributed by atoms with Gasteiger partial charge in [0, 0.05) is 32.4 Å². The quantitative estimate of drug-likeness (QED) is 0.297. The highest BCUT2D eigenvalue weighted by Crippen LogP contribution is 2.21. The number of halogens is 1. The maximum atomic E-state index is 5.91. The minimum absolute atomic E-state index is 0. The molecule has 1 fully saturated rings. The maximum absolute atomic E-state index is 5.91. The van der Waals surface area contributed by atoms with Crippen LogP contribution in [0.5, 0.6) is 5.75 Å². The van der Waals surface area contributed by atoms with Crippen LogP contribution in [0.3, 0.4) is 0 Å². The number of morpholine rings is 1. The number of ether oxygens (including phenoxy) is 2. The summed E-state index contributed by atoms with van der Waals surface area (Å²) in [6.07, 6.45) is 3.88. The normalized spacial score (nSPS) is 17.2. The highest BCUT2D eigenvalue weighted by atomic mass is 127. The van der Waals surface area contributed by atoms with Crippen molar-refractivity contribution in [1.29, 1.82) is 0 Å². The molecule has 0 bridgehead atoms. The van der Waals surface area contributed by atoms with Gasteiger partial charge in [0.05, 0.1) is 25.9 Å². The largest absolute Gasteiger partial charge is 0.492 e. The lowest BCUT2D eigenvalue weighted by Crippen LogP contribution is -2.48. The third-order valence-electron chi connectivity index (χ3n) is 4.52. The van der Waals surface area contributed by atoms with Gasteiger partial charge in [0.15, 0.2) is 5.96 Å². The van der Waals surface area contributed by atoms with Gasteiger partial charge in [-0.3, -0.25) is 9.67 Å². The summed E-state index contributed by atoms with van der Waals surface area (Å²) in [5, 5.41) is 7.63. The van der Waals surface area contributed by atoms with E-state index in [2.05, 4.69) is 52.4 Å². The lowest BCUT2D eigenvalue weighted by Gasteiger charge is -2.34. The topological polar surface area (TPSA) is 63.9 Å². The number of guanidine groups is 1. The van der Waals surface area contributed by atoms with Gasteiger partial charge >= 0.3 is 0 Å². The number of nitrogens with one attached hydrogen (secondary N) is 1. The number of benzene rings is 1. The van der Waals surface area contributed by atoms with E-state index in [0.717, 1.165) is 30.4 Å². The predicted octanol–water partition coefficient (Wildman–Crippen LogP) is 2.68. The van der Waals surface area contributed by atoms with Crippen LogP contribution in [0.1, 0.15) is 22.8 Å². The van der Waals surface area contributed by atoms with Gasteiger partial charge < -0.3 is 19.7 Å². The number of hydrogen-bond donors (Lipinski definition) is 1. The van der Waals surface area contributed by atoms with Crippen molar-refractivity contribution in [3.8, 4) is 5.75 Å². The van der Waals surface area contributed by atoms with Gasteiger partial charge in [0.25, 0.3) is 0 Å². The van der Waals surface area contributed by atoms with Crippen molar-refractivity contribution in [1.82, 2.24) is 20.0 Å². The van der Waals surface area contributed by atoms with Crippen LogP contribution in [0.25, 0.3) is 0 Å². The van der Waals surface area contributed by atoms with Gasteiger partial charge in [-0.15, -0.1) is 24.0 Å². The van der Waals surface area contributed by atoms with E-state index in [1.807, 2.05) is 26.5 Å². The van der Waals surface area contributed by atoms with Crippen LogP contribution in [-0.2, 0) is 11.8 Å². The fourth-order valence-corrected chi connectivity index (χ4v) is 3.33. The number of aliphatic imine (C=N–C) groups is 1. The van der Waals surface area contributed by atoms with E-state index in [1.165, 1.54) is 11.1 Å². The van der Waals surface area contributed by atoms with Gasteiger partial charge in [-0.1, -0.05) is 6.07 Å². The first-order chi connectivity index (χ1) is 13.0. The average Bonchev–Trinajstić information content (AvgIpc) is 3.08. The Kier molecular flexibility index (Phi) is 8.56. The zero-order valence-electron chi connectivity index (χ0n) is 17.0. The summed E-state index contributed by atoms with van der Waals surface area (Å²) in [5.41, 5.74) is 3.52. The maximum Gasteiger partial charge on any atom is 0.193 e. The van der Waals surface area contributed by atoms with Crippen LogP contribution in [0.4, 0.5) is 0 Å². The fourth-order valence-electron chi connectivity index (χ4n) is 3.33. The highest BCUT2D eigenvalue weighted by Gasteiger charge is 2.25. The molecule has 1 aromatic heterocycles. The molecule has 3 rings (SSSR count). The molecule has 1 atom stereocenters. The molecule has 0 saturated carbocycles. The SMILES string of the molecule is CN=C(NCCOc1cc(C)cc(C)c1)N1CCOC(c2cnn(C)c2)C1.I. The molecule has 0 radical (unpaired) electrons. The molecule has 154 valence electrons. The molecule has 28 heavy (non-hydrogen) atoms. The zero-order chi connectivity index (χ0) is 19.2. The minimum Gasteiger partial charge on any atom is -0.492 e. The van der Waals surface area contributed by atoms with Crippen LogP contribution in [0.15, 0.2) is 35.6 Å². The van der Waals surface area contributed by atoms with Crippen molar-refractivity contribution in [2.75, 3.05) is 39.9 Å². The van der Waals surface area contributed by atoms with Crippen LogP contribution in [-0.4, -0.2) is 60.5 Å². The van der Waals surface area contributed by atoms with E-state index >= 15 is 0 Å². The van der Waals surface area contributed by atoms with E-state index in [4.69, 9.17) is 9.47 Å². The first kappa shape index (κ1) is 22.5. The molecule has 1 saturated heterocycles. The highest BCUT2D eigenvalue weighted by molar-refractivity contribution is 14.0. The molecule has 1 aliphatic rings. The Morgan fingerprint density at radius 3 is 2.71 bits per heavy atom. The number of aromatic nitrogens is 2. The monoisotopic (exact) mass is 499 g/mol. The second-order valence-corrected chi connectivity index (χ2v) is 6.90. The number of rotatable bonds is 5. The Hall–Kier alpha value is -1.81. The number of nitrogens with zero attached hydrogens (tertiary/aromatic N) is 4. The Bertz CT molecular complexity index is 772. The van der Waals surface area contributed by atoms with E-state index in [-0.39, 0.29) is 30.1 Å². The van der Waals surface area contributed by atoms with Crippen molar-refractivity contribution < 1.29 is 9.47 Å². The summed E-state index contributed by atoms with van der Waals surface area (Å²) < 4.78 is 13.6. The summed E-state index contributed by atoms with van der Waals surface area (Å²) in [7, 11) is 3.72. The van der Waals surface area contributed by atoms with Gasteiger partial charge in [0.2, 0.25) is 0 Å². The summed E-state index contributed by atoms with van der Waals surface area (Å²) in [6, 6.07) is 6.26. The summed E-state index contributed by atoms with van der Waals surface area (Å²) in [4.78, 5) is 6.64. The average molecular weight is 499 g/mol. The van der Waals surface area contributed by atoms with E-state index < -0.39 is 0 Å². The first-order valence-corrected chi connectivity index (χ1v) is 9.32. The third-order valence-corrected chi connectivity index (χ3v) is 4.52. The van der Waals surface area contributed by atoms with Gasteiger partial charge in [0.1, 0.15) is 18.5 Å². The Morgan fingerprint density at radius 2 is 2.07 bits per heavy atom. The molecular weight excluding hydrogens is 469 g/mol. The van der Waals surface area contributed by atoms with Crippen LogP contribution < -0.4 is 10.1 Å². The molecule has 1 aromatic carbocycles. The van der Waals surface area contributed by atoms with Gasteiger partial charge in [-0.2, -0.15) is 5.10 Å². The van der Waals surface area contributed by atoms with Gasteiger partial charge in [-0.25, -0.2) is 0 Å². The van der Waals surface area contributed by atoms with Crippen molar-refractivity contribution in [3.05, 3.63) is 47.3 Å². The molecule has 8 heteroatoms. The van der Waals surface area contributed by atoms with Crippen LogP contribution in [0.2, 0.25) is 0 Å². The molecule has 1 N–H and O–H groups in total. The standard InChI is InChI=1S/C20H29N5O2.HI/c1-15-9-16(2)11-18(10-15)26-7-5-22-20(21-3)25-6-8-27-19(14-25)17-12-23-24(4)13-17;/h9-13,19H,5-8,14H2,1-4H3,(H,21,22);1H. The summed E-state index contributed by atoms with van der Waals surface area (Å²) >= 11 is 0. The van der Waals surface area contributed by atoms with Crippen LogP contribution >= 0.6 is 24.0 Å². The first-order valence-electron chi connectivity index (χ1n) is 9.32. The lowest BCUT2D eigenvalue weighted by atomic mass is 10.1. The molecule has 0 amide bonds. The van der Waals surface area contributed by atoms with Gasteiger partial charge in [-0.05, 0) is 37.1 Å². The second kappa shape index (κ2) is 10.7. The van der Waals surface area contributed by atoms with Crippen molar-refractivity contribution in [3.63, 3.8) is 0 Å². The molecule has 2 heterocycles. The van der Waals surface area contributed by atoms with Crippen LogP contribution in [0, 0.1) is 13.8 Å². The third kappa shape index (κ3) is 6.10. The van der Waals surface area contributed by atoms with E-state index in [0.29, 0.717) is 19.8 Å². The molecule has 0 aliphatic carbocycles. The minimum atomic E-state index is 0. The van der Waals surface area contributed by atoms with E-state index in [9.17, 15) is 0 Å². The Morgan fingerprint density at radius 1 is 1.32 bits per heavy atom. The summed E-state index contributed by atoms with van der Waals surface area (Å²) in [5.74, 6) is 1.78. The fraction of sp³-hybridized carbons (Fsp3) is 0.500. The number of hydrogen-bond acceptors (Lipinski definition) is 4. The second-order valence-electron chi connectivity index (χ2n) is 6.90. The molecule has 0 spiro atoms. The van der Waals surface area contributed by atoms with Crippen molar-refractivity contribution >= 4 is 29.9 Å². The van der Waals surface area contributed by atoms with Crippen molar-refractivity contribution in [2.24, 2.45) is 12.0 Å². The Labute approximate surface area is 184 Å². The molecular formula is C20H30IN5O2. The summed E-state index contributed by atoms with van der Waals surface area (Å²) in [6.45, 7) is 7.66. The molecule has 1 aliphatic heterocycles. The van der Waals surface area contributed by atoms with E-state index in [1.54, 1.807) is 4.68 Å².